The largest absolute Gasteiger partial charge is 0.497 e. The molecule has 0 aliphatic carbocycles. The van der Waals surface area contributed by atoms with E-state index in [4.69, 9.17) is 14.2 Å². The van der Waals surface area contributed by atoms with Crippen LogP contribution in [0.3, 0.4) is 0 Å². The number of hydrogen-bond acceptors (Lipinski definition) is 6. The number of nitrogens with zero attached hydrogens (tertiary/aromatic N) is 2. The number of amides is 1. The predicted octanol–water partition coefficient (Wildman–Crippen LogP) is 3.10. The lowest BCUT2D eigenvalue weighted by Crippen LogP contribution is -2.33. The molecule has 30 heavy (non-hydrogen) atoms. The third kappa shape index (κ3) is 4.36. The van der Waals surface area contributed by atoms with E-state index in [1.807, 2.05) is 54.6 Å². The molecule has 156 valence electrons. The van der Waals surface area contributed by atoms with Crippen LogP contribution in [0.25, 0.3) is 0 Å². The van der Waals surface area contributed by atoms with Crippen LogP contribution in [0, 0.1) is 0 Å². The topological polar surface area (TPSA) is 77.4 Å². The van der Waals surface area contributed by atoms with Crippen LogP contribution in [0.15, 0.2) is 59.7 Å². The molecule has 1 fully saturated rings. The molecule has 0 radical (unpaired) electrons. The highest BCUT2D eigenvalue weighted by Gasteiger charge is 2.34. The van der Waals surface area contributed by atoms with Gasteiger partial charge >= 0.3 is 5.97 Å². The lowest BCUT2D eigenvalue weighted by atomic mass is 9.98. The van der Waals surface area contributed by atoms with Gasteiger partial charge in [0.15, 0.2) is 12.7 Å². The standard InChI is InChI=1S/C23H24N2O5/c1-28-18-11-9-17(10-12-18)20-14-19(16-6-3-2-4-7-16)24-25(20)22(26)15-30-23(27)21-8-5-13-29-21/h2-4,6-7,9-12,20-21H,5,8,13-15H2,1H3/t20-,21-/m1/s1. The quantitative estimate of drug-likeness (QED) is 0.687. The van der Waals surface area contributed by atoms with Crippen molar-refractivity contribution >= 4 is 17.6 Å². The molecule has 0 spiro atoms. The molecule has 7 nitrogen and oxygen atoms in total. The molecule has 2 aromatic rings. The Labute approximate surface area is 175 Å². The molecular weight excluding hydrogens is 384 g/mol. The molecule has 0 aromatic heterocycles. The van der Waals surface area contributed by atoms with Gasteiger partial charge in [0.25, 0.3) is 5.91 Å². The first-order chi connectivity index (χ1) is 14.7. The first kappa shape index (κ1) is 20.1. The lowest BCUT2D eigenvalue weighted by molar-refractivity contribution is -0.160. The van der Waals surface area contributed by atoms with Crippen molar-refractivity contribution in [2.75, 3.05) is 20.3 Å². The molecule has 2 aromatic carbocycles. The van der Waals surface area contributed by atoms with E-state index in [1.54, 1.807) is 7.11 Å². The maximum atomic E-state index is 12.9. The number of benzene rings is 2. The summed E-state index contributed by atoms with van der Waals surface area (Å²) < 4.78 is 15.8. The van der Waals surface area contributed by atoms with Crippen molar-refractivity contribution in [1.29, 1.82) is 0 Å². The van der Waals surface area contributed by atoms with Crippen molar-refractivity contribution in [3.8, 4) is 5.75 Å². The van der Waals surface area contributed by atoms with Gasteiger partial charge in [0.05, 0.1) is 18.9 Å². The van der Waals surface area contributed by atoms with Crippen LogP contribution >= 0.6 is 0 Å². The fourth-order valence-corrected chi connectivity index (χ4v) is 3.69. The van der Waals surface area contributed by atoms with Gasteiger partial charge in [-0.25, -0.2) is 9.80 Å². The van der Waals surface area contributed by atoms with Crippen molar-refractivity contribution in [2.45, 2.75) is 31.4 Å². The van der Waals surface area contributed by atoms with E-state index < -0.39 is 12.1 Å². The Morgan fingerprint density at radius 2 is 1.90 bits per heavy atom. The van der Waals surface area contributed by atoms with Crippen molar-refractivity contribution in [3.05, 3.63) is 65.7 Å². The smallest absolute Gasteiger partial charge is 0.335 e. The number of ether oxygens (including phenoxy) is 3. The minimum atomic E-state index is -0.572. The summed E-state index contributed by atoms with van der Waals surface area (Å²) in [5.41, 5.74) is 2.71. The zero-order valence-electron chi connectivity index (χ0n) is 16.8. The second-order valence-electron chi connectivity index (χ2n) is 7.25. The Balaban J connectivity index is 1.52. The van der Waals surface area contributed by atoms with Crippen LogP contribution in [-0.2, 0) is 19.1 Å². The van der Waals surface area contributed by atoms with Gasteiger partial charge in [-0.05, 0) is 36.1 Å². The van der Waals surface area contributed by atoms with Crippen molar-refractivity contribution in [3.63, 3.8) is 0 Å². The van der Waals surface area contributed by atoms with Crippen molar-refractivity contribution in [1.82, 2.24) is 5.01 Å². The first-order valence-electron chi connectivity index (χ1n) is 10.0. The summed E-state index contributed by atoms with van der Waals surface area (Å²) in [5.74, 6) is -0.120. The molecule has 2 atom stereocenters. The molecule has 0 N–H and O–H groups in total. The number of carbonyl (C=O) groups is 2. The monoisotopic (exact) mass is 408 g/mol. The fraction of sp³-hybridized carbons (Fsp3) is 0.348. The Hall–Kier alpha value is -3.19. The zero-order valence-corrected chi connectivity index (χ0v) is 16.8. The number of methoxy groups -OCH3 is 1. The third-order valence-corrected chi connectivity index (χ3v) is 5.30. The Kier molecular flexibility index (Phi) is 6.09. The second kappa shape index (κ2) is 9.09. The van der Waals surface area contributed by atoms with Gasteiger partial charge in [-0.1, -0.05) is 42.5 Å². The molecule has 2 aliphatic heterocycles. The summed E-state index contributed by atoms with van der Waals surface area (Å²) in [7, 11) is 1.61. The Morgan fingerprint density at radius 3 is 2.57 bits per heavy atom. The van der Waals surface area contributed by atoms with Crippen molar-refractivity contribution in [2.24, 2.45) is 5.10 Å². The molecule has 0 bridgehead atoms. The molecule has 2 aliphatic rings. The average molecular weight is 408 g/mol. The number of hydrazone groups is 1. The van der Waals surface area contributed by atoms with Gasteiger partial charge in [-0.2, -0.15) is 5.10 Å². The fourth-order valence-electron chi connectivity index (χ4n) is 3.69. The highest BCUT2D eigenvalue weighted by atomic mass is 16.6. The SMILES string of the molecule is COc1ccc([C@H]2CC(c3ccccc3)=NN2C(=O)COC(=O)[C@H]2CCCO2)cc1. The number of rotatable bonds is 6. The summed E-state index contributed by atoms with van der Waals surface area (Å²) in [6.45, 7) is 0.182. The average Bonchev–Trinajstić information content (AvgIpc) is 3.48. The van der Waals surface area contributed by atoms with E-state index in [9.17, 15) is 9.59 Å². The van der Waals surface area contributed by atoms with Crippen molar-refractivity contribution < 1.29 is 23.8 Å². The van der Waals surface area contributed by atoms with Crippen LogP contribution in [0.1, 0.15) is 36.4 Å². The van der Waals surface area contributed by atoms with E-state index in [1.165, 1.54) is 5.01 Å². The Morgan fingerprint density at radius 1 is 1.13 bits per heavy atom. The van der Waals surface area contributed by atoms with Crippen LogP contribution in [0.2, 0.25) is 0 Å². The van der Waals surface area contributed by atoms with Gasteiger partial charge in [-0.15, -0.1) is 0 Å². The highest BCUT2D eigenvalue weighted by molar-refractivity contribution is 6.03. The maximum absolute atomic E-state index is 12.9. The zero-order chi connectivity index (χ0) is 20.9. The molecule has 7 heteroatoms. The van der Waals surface area contributed by atoms with E-state index in [0.717, 1.165) is 29.0 Å². The van der Waals surface area contributed by atoms with Gasteiger partial charge < -0.3 is 14.2 Å². The number of carbonyl (C=O) groups excluding carboxylic acids is 2. The third-order valence-electron chi connectivity index (χ3n) is 5.30. The number of esters is 1. The van der Waals surface area contributed by atoms with Gasteiger partial charge in [0.1, 0.15) is 5.75 Å². The normalized spacial score (nSPS) is 20.7. The van der Waals surface area contributed by atoms with Gasteiger partial charge in [0.2, 0.25) is 0 Å². The second-order valence-corrected chi connectivity index (χ2v) is 7.25. The van der Waals surface area contributed by atoms with Crippen LogP contribution in [-0.4, -0.2) is 49.0 Å². The van der Waals surface area contributed by atoms with Gasteiger partial charge in [0, 0.05) is 13.0 Å². The molecular formula is C23H24N2O5. The van der Waals surface area contributed by atoms with Crippen LogP contribution in [0.5, 0.6) is 5.75 Å². The minimum Gasteiger partial charge on any atom is -0.497 e. The Bertz CT molecular complexity index is 920. The summed E-state index contributed by atoms with van der Waals surface area (Å²) in [6.07, 6.45) is 1.45. The van der Waals surface area contributed by atoms with E-state index in [2.05, 4.69) is 5.10 Å². The maximum Gasteiger partial charge on any atom is 0.335 e. The van der Waals surface area contributed by atoms with Crippen LogP contribution < -0.4 is 4.74 Å². The molecule has 0 unspecified atom stereocenters. The predicted molar refractivity (Wildman–Crippen MR) is 110 cm³/mol. The lowest BCUT2D eigenvalue weighted by Gasteiger charge is -2.22. The molecule has 4 rings (SSSR count). The molecule has 2 heterocycles. The first-order valence-corrected chi connectivity index (χ1v) is 10.0. The van der Waals surface area contributed by atoms with E-state index in [0.29, 0.717) is 19.4 Å². The molecule has 0 saturated carbocycles. The van der Waals surface area contributed by atoms with Gasteiger partial charge in [-0.3, -0.25) is 4.79 Å². The van der Waals surface area contributed by atoms with Crippen LogP contribution in [0.4, 0.5) is 0 Å². The highest BCUT2D eigenvalue weighted by Crippen LogP contribution is 2.33. The molecule has 1 amide bonds. The minimum absolute atomic E-state index is 0.278. The summed E-state index contributed by atoms with van der Waals surface area (Å²) in [6, 6.07) is 17.0. The van der Waals surface area contributed by atoms with E-state index in [-0.39, 0.29) is 18.6 Å². The summed E-state index contributed by atoms with van der Waals surface area (Å²) in [4.78, 5) is 25.0. The summed E-state index contributed by atoms with van der Waals surface area (Å²) >= 11 is 0. The summed E-state index contributed by atoms with van der Waals surface area (Å²) in [5, 5.41) is 6.00. The molecule has 1 saturated heterocycles. The van der Waals surface area contributed by atoms with E-state index >= 15 is 0 Å². The number of hydrogen-bond donors (Lipinski definition) is 0.